The third-order valence-electron chi connectivity index (χ3n) is 3.79. The molecule has 1 N–H and O–H groups in total. The number of aromatic nitrogens is 1. The van der Waals surface area contributed by atoms with E-state index in [0.29, 0.717) is 11.6 Å². The standard InChI is InChI=1S/C20H17F3N2O2S/c1-13-4-2-5-14(8-13)9-17-11-24-19(28-17)25-18(26)12-27-16-7-3-6-15(10-16)20(21,22)23/h2-8,10-11H,9,12H2,1H3,(H,24,25,26). The number of alkyl halides is 3. The zero-order valence-corrected chi connectivity index (χ0v) is 15.7. The number of nitrogens with zero attached hydrogens (tertiary/aromatic N) is 1. The Hall–Kier alpha value is -2.87. The van der Waals surface area contributed by atoms with Gasteiger partial charge in [-0.1, -0.05) is 35.9 Å². The van der Waals surface area contributed by atoms with Gasteiger partial charge < -0.3 is 4.74 Å². The number of thiazole rings is 1. The fourth-order valence-corrected chi connectivity index (χ4v) is 3.40. The van der Waals surface area contributed by atoms with Crippen molar-refractivity contribution in [2.75, 3.05) is 11.9 Å². The number of benzene rings is 2. The van der Waals surface area contributed by atoms with E-state index in [1.807, 2.05) is 25.1 Å². The molecule has 0 aliphatic rings. The minimum atomic E-state index is -4.46. The number of rotatable bonds is 6. The maximum atomic E-state index is 12.7. The fourth-order valence-electron chi connectivity index (χ4n) is 2.54. The molecule has 0 spiro atoms. The highest BCUT2D eigenvalue weighted by Crippen LogP contribution is 2.31. The minimum Gasteiger partial charge on any atom is -0.484 e. The van der Waals surface area contributed by atoms with Crippen molar-refractivity contribution in [3.63, 3.8) is 0 Å². The van der Waals surface area contributed by atoms with Crippen LogP contribution in [0.5, 0.6) is 5.75 Å². The third-order valence-corrected chi connectivity index (χ3v) is 4.70. The topological polar surface area (TPSA) is 51.2 Å². The van der Waals surface area contributed by atoms with Crippen LogP contribution in [0.25, 0.3) is 0 Å². The zero-order chi connectivity index (χ0) is 20.1. The number of carbonyl (C=O) groups is 1. The van der Waals surface area contributed by atoms with Gasteiger partial charge in [0.25, 0.3) is 5.91 Å². The van der Waals surface area contributed by atoms with Crippen molar-refractivity contribution in [1.29, 1.82) is 0 Å². The second kappa shape index (κ2) is 8.43. The molecule has 0 saturated heterocycles. The van der Waals surface area contributed by atoms with Gasteiger partial charge in [0.2, 0.25) is 0 Å². The smallest absolute Gasteiger partial charge is 0.416 e. The van der Waals surface area contributed by atoms with Crippen molar-refractivity contribution in [3.05, 3.63) is 76.3 Å². The molecule has 0 aliphatic heterocycles. The van der Waals surface area contributed by atoms with E-state index in [2.05, 4.69) is 16.4 Å². The molecular weight excluding hydrogens is 389 g/mol. The molecule has 1 heterocycles. The van der Waals surface area contributed by atoms with Gasteiger partial charge in [0, 0.05) is 17.5 Å². The number of ether oxygens (including phenoxy) is 1. The molecule has 8 heteroatoms. The van der Waals surface area contributed by atoms with E-state index < -0.39 is 24.3 Å². The van der Waals surface area contributed by atoms with E-state index >= 15 is 0 Å². The highest BCUT2D eigenvalue weighted by Gasteiger charge is 2.30. The van der Waals surface area contributed by atoms with Crippen LogP contribution in [0.3, 0.4) is 0 Å². The van der Waals surface area contributed by atoms with Crippen molar-refractivity contribution in [2.24, 2.45) is 0 Å². The molecule has 1 aromatic heterocycles. The van der Waals surface area contributed by atoms with Crippen molar-refractivity contribution in [1.82, 2.24) is 4.98 Å². The Morgan fingerprint density at radius 2 is 1.96 bits per heavy atom. The van der Waals surface area contributed by atoms with Gasteiger partial charge in [-0.15, -0.1) is 11.3 Å². The number of anilines is 1. The van der Waals surface area contributed by atoms with Crippen LogP contribution in [-0.4, -0.2) is 17.5 Å². The number of amides is 1. The maximum Gasteiger partial charge on any atom is 0.416 e. The van der Waals surface area contributed by atoms with E-state index in [4.69, 9.17) is 4.74 Å². The van der Waals surface area contributed by atoms with Crippen LogP contribution in [0.2, 0.25) is 0 Å². The summed E-state index contributed by atoms with van der Waals surface area (Å²) in [7, 11) is 0. The Morgan fingerprint density at radius 1 is 1.18 bits per heavy atom. The van der Waals surface area contributed by atoms with Crippen LogP contribution in [0.15, 0.2) is 54.7 Å². The summed E-state index contributed by atoms with van der Waals surface area (Å²) < 4.78 is 43.2. The molecule has 1 amide bonds. The van der Waals surface area contributed by atoms with Gasteiger partial charge >= 0.3 is 6.18 Å². The predicted molar refractivity (Wildman–Crippen MR) is 102 cm³/mol. The van der Waals surface area contributed by atoms with Crippen LogP contribution in [-0.2, 0) is 17.4 Å². The van der Waals surface area contributed by atoms with Gasteiger partial charge in [0.05, 0.1) is 5.56 Å². The Kier molecular flexibility index (Phi) is 5.99. The highest BCUT2D eigenvalue weighted by atomic mass is 32.1. The predicted octanol–water partition coefficient (Wildman–Crippen LogP) is 5.08. The van der Waals surface area contributed by atoms with Crippen molar-refractivity contribution >= 4 is 22.4 Å². The second-order valence-electron chi connectivity index (χ2n) is 6.16. The lowest BCUT2D eigenvalue weighted by Gasteiger charge is -2.09. The summed E-state index contributed by atoms with van der Waals surface area (Å²) in [5, 5.41) is 3.01. The van der Waals surface area contributed by atoms with Crippen LogP contribution < -0.4 is 10.1 Å². The zero-order valence-electron chi connectivity index (χ0n) is 14.9. The average molecular weight is 406 g/mol. The molecule has 0 fully saturated rings. The first-order chi connectivity index (χ1) is 13.3. The first kappa shape index (κ1) is 19.9. The van der Waals surface area contributed by atoms with Crippen LogP contribution in [0, 0.1) is 6.92 Å². The molecule has 0 atom stereocenters. The van der Waals surface area contributed by atoms with Gasteiger partial charge in [0.15, 0.2) is 11.7 Å². The molecule has 28 heavy (non-hydrogen) atoms. The Morgan fingerprint density at radius 3 is 2.71 bits per heavy atom. The van der Waals surface area contributed by atoms with E-state index in [9.17, 15) is 18.0 Å². The van der Waals surface area contributed by atoms with E-state index in [0.717, 1.165) is 22.6 Å². The average Bonchev–Trinajstić information content (AvgIpc) is 3.06. The van der Waals surface area contributed by atoms with Crippen LogP contribution >= 0.6 is 11.3 Å². The number of carbonyl (C=O) groups excluding carboxylic acids is 1. The summed E-state index contributed by atoms with van der Waals surface area (Å²) in [5.41, 5.74) is 1.49. The molecule has 3 aromatic rings. The molecule has 0 aliphatic carbocycles. The highest BCUT2D eigenvalue weighted by molar-refractivity contribution is 7.15. The first-order valence-electron chi connectivity index (χ1n) is 8.40. The summed E-state index contributed by atoms with van der Waals surface area (Å²) >= 11 is 1.34. The van der Waals surface area contributed by atoms with Crippen molar-refractivity contribution in [3.8, 4) is 5.75 Å². The summed E-state index contributed by atoms with van der Waals surface area (Å²) in [6, 6.07) is 12.5. The van der Waals surface area contributed by atoms with Gasteiger partial charge in [-0.3, -0.25) is 10.1 Å². The molecule has 4 nitrogen and oxygen atoms in total. The van der Waals surface area contributed by atoms with Crippen molar-refractivity contribution in [2.45, 2.75) is 19.5 Å². The van der Waals surface area contributed by atoms with Crippen molar-refractivity contribution < 1.29 is 22.7 Å². The van der Waals surface area contributed by atoms with E-state index in [-0.39, 0.29) is 5.75 Å². The summed E-state index contributed by atoms with van der Waals surface area (Å²) in [5.74, 6) is -0.516. The van der Waals surface area contributed by atoms with Gasteiger partial charge in [0.1, 0.15) is 5.75 Å². The Bertz CT molecular complexity index is 970. The second-order valence-corrected chi connectivity index (χ2v) is 7.28. The number of aryl methyl sites for hydroxylation is 1. The normalized spacial score (nSPS) is 11.3. The third kappa shape index (κ3) is 5.56. The summed E-state index contributed by atoms with van der Waals surface area (Å²) in [6.07, 6.45) is -2.07. The minimum absolute atomic E-state index is 0.0238. The van der Waals surface area contributed by atoms with E-state index in [1.165, 1.54) is 29.0 Å². The molecule has 146 valence electrons. The number of halogens is 3. The quantitative estimate of drug-likeness (QED) is 0.621. The SMILES string of the molecule is Cc1cccc(Cc2cnc(NC(=O)COc3cccc(C(F)(F)F)c3)s2)c1. The van der Waals surface area contributed by atoms with E-state index in [1.54, 1.807) is 6.20 Å². The monoisotopic (exact) mass is 406 g/mol. The molecule has 0 radical (unpaired) electrons. The van der Waals surface area contributed by atoms with Crippen LogP contribution in [0.4, 0.5) is 18.3 Å². The lowest BCUT2D eigenvalue weighted by Crippen LogP contribution is -2.20. The lowest BCUT2D eigenvalue weighted by molar-refractivity contribution is -0.137. The summed E-state index contributed by atoms with van der Waals surface area (Å²) in [4.78, 5) is 17.1. The van der Waals surface area contributed by atoms with Gasteiger partial charge in [-0.05, 0) is 30.7 Å². The molecule has 0 unspecified atom stereocenters. The largest absolute Gasteiger partial charge is 0.484 e. The molecule has 3 rings (SSSR count). The number of nitrogens with one attached hydrogen (secondary N) is 1. The molecule has 2 aromatic carbocycles. The molecule has 0 bridgehead atoms. The molecule has 0 saturated carbocycles. The molecular formula is C20H17F3N2O2S. The Balaban J connectivity index is 1.54. The number of hydrogen-bond acceptors (Lipinski definition) is 4. The number of hydrogen-bond donors (Lipinski definition) is 1. The fraction of sp³-hybridized carbons (Fsp3) is 0.200. The van der Waals surface area contributed by atoms with Gasteiger partial charge in [-0.2, -0.15) is 13.2 Å². The summed E-state index contributed by atoms with van der Waals surface area (Å²) in [6.45, 7) is 1.61. The lowest BCUT2D eigenvalue weighted by atomic mass is 10.1. The van der Waals surface area contributed by atoms with Crippen LogP contribution in [0.1, 0.15) is 21.6 Å². The first-order valence-corrected chi connectivity index (χ1v) is 9.21. The maximum absolute atomic E-state index is 12.7. The van der Waals surface area contributed by atoms with Gasteiger partial charge in [-0.25, -0.2) is 4.98 Å². The Labute approximate surface area is 164 Å².